The fourth-order valence-corrected chi connectivity index (χ4v) is 10.8. The van der Waals surface area contributed by atoms with Gasteiger partial charge in [0, 0.05) is 32.6 Å². The van der Waals surface area contributed by atoms with Crippen LogP contribution in [0.1, 0.15) is 0 Å². The zero-order chi connectivity index (χ0) is 34.1. The molecule has 10 aromatic carbocycles. The van der Waals surface area contributed by atoms with Gasteiger partial charge in [0.2, 0.25) is 0 Å². The summed E-state index contributed by atoms with van der Waals surface area (Å²) in [5.41, 5.74) is 12.0. The second kappa shape index (κ2) is 9.14. The van der Waals surface area contributed by atoms with Crippen LogP contribution in [0.2, 0.25) is 0 Å². The maximum absolute atomic E-state index is 2.65. The molecular formula is C50H27BN2. The van der Waals surface area contributed by atoms with E-state index in [9.17, 15) is 0 Å². The molecule has 53 heavy (non-hydrogen) atoms. The number of benzene rings is 10. The summed E-state index contributed by atoms with van der Waals surface area (Å²) in [4.78, 5) is 0. The van der Waals surface area contributed by atoms with Crippen molar-refractivity contribution >= 4 is 121 Å². The molecule has 0 unspecified atom stereocenters. The first-order valence-corrected chi connectivity index (χ1v) is 18.6. The Bertz CT molecular complexity index is 3690. The van der Waals surface area contributed by atoms with E-state index in [0.29, 0.717) is 0 Å². The fourth-order valence-electron chi connectivity index (χ4n) is 10.8. The topological polar surface area (TPSA) is 9.86 Å². The van der Waals surface area contributed by atoms with Crippen molar-refractivity contribution in [2.45, 2.75) is 0 Å². The van der Waals surface area contributed by atoms with Crippen LogP contribution >= 0.6 is 0 Å². The molecule has 2 aliphatic rings. The molecular weight excluding hydrogens is 639 g/mol. The van der Waals surface area contributed by atoms with E-state index >= 15 is 0 Å². The van der Waals surface area contributed by atoms with Crippen molar-refractivity contribution in [1.82, 2.24) is 9.13 Å². The van der Waals surface area contributed by atoms with E-state index < -0.39 is 0 Å². The van der Waals surface area contributed by atoms with Crippen LogP contribution < -0.4 is 16.4 Å². The van der Waals surface area contributed by atoms with Gasteiger partial charge in [0.05, 0.1) is 27.8 Å². The molecule has 0 atom stereocenters. The summed E-state index contributed by atoms with van der Waals surface area (Å²) in [5, 5.41) is 18.4. The minimum atomic E-state index is 0.0509. The predicted molar refractivity (Wildman–Crippen MR) is 227 cm³/mol. The molecule has 14 rings (SSSR count). The zero-order valence-electron chi connectivity index (χ0n) is 28.6. The number of hydrogen-bond donors (Lipinski definition) is 0. The SMILES string of the molecule is c1ccc2c3c4c(cc2c1)-n1c2ccc5ccccc5c2c2c5ccccc5cc(c21)B4c1cc2ccccc2c2c4c5ccccc5ccc4n-3c12. The molecule has 0 spiro atoms. The van der Waals surface area contributed by atoms with Crippen molar-refractivity contribution < 1.29 is 0 Å². The van der Waals surface area contributed by atoms with Gasteiger partial charge < -0.3 is 9.13 Å². The van der Waals surface area contributed by atoms with E-state index in [1.54, 1.807) is 0 Å². The van der Waals surface area contributed by atoms with Gasteiger partial charge in [0.25, 0.3) is 6.71 Å². The molecule has 0 saturated heterocycles. The van der Waals surface area contributed by atoms with E-state index in [4.69, 9.17) is 0 Å². The monoisotopic (exact) mass is 666 g/mol. The molecule has 3 heteroatoms. The van der Waals surface area contributed by atoms with Crippen LogP contribution in [0.5, 0.6) is 0 Å². The Balaban J connectivity index is 1.32. The molecule has 0 aliphatic carbocycles. The Labute approximate surface area is 303 Å². The van der Waals surface area contributed by atoms with Gasteiger partial charge in [-0.1, -0.05) is 146 Å². The Morgan fingerprint density at radius 2 is 0.755 bits per heavy atom. The van der Waals surface area contributed by atoms with Crippen molar-refractivity contribution in [2.24, 2.45) is 0 Å². The standard InChI is InChI=1S/C50H27BN2/c1-6-16-33-28(11-1)21-23-40-43(33)45-35-18-8-3-13-30(35)25-38-49(45)52(40)42-27-32-15-5-10-20-37(32)48-47(42)51(38)39-26-31-14-4-9-19-36(31)46-44-34-17-7-2-12-29(34)22-24-41(44)53(48)50(39)46/h1-27H. The maximum Gasteiger partial charge on any atom is 0.252 e. The lowest BCUT2D eigenvalue weighted by molar-refractivity contribution is 1.16. The molecule has 240 valence electrons. The highest BCUT2D eigenvalue weighted by molar-refractivity contribution is 7.01. The molecule has 12 aromatic rings. The van der Waals surface area contributed by atoms with Gasteiger partial charge in [-0.3, -0.25) is 0 Å². The van der Waals surface area contributed by atoms with Crippen LogP contribution in [0, 0.1) is 0 Å². The molecule has 4 heterocycles. The minimum Gasteiger partial charge on any atom is -0.310 e. The van der Waals surface area contributed by atoms with E-state index in [1.807, 2.05) is 0 Å². The van der Waals surface area contributed by atoms with Crippen molar-refractivity contribution in [1.29, 1.82) is 0 Å². The van der Waals surface area contributed by atoms with E-state index in [0.717, 1.165) is 0 Å². The van der Waals surface area contributed by atoms with Gasteiger partial charge >= 0.3 is 0 Å². The van der Waals surface area contributed by atoms with Crippen LogP contribution in [0.25, 0.3) is 109 Å². The van der Waals surface area contributed by atoms with Crippen LogP contribution in [0.4, 0.5) is 0 Å². The molecule has 0 bridgehead atoms. The van der Waals surface area contributed by atoms with Crippen LogP contribution in [-0.2, 0) is 0 Å². The Hall–Kier alpha value is -6.84. The van der Waals surface area contributed by atoms with Crippen LogP contribution in [0.15, 0.2) is 164 Å². The Morgan fingerprint density at radius 3 is 1.30 bits per heavy atom. The van der Waals surface area contributed by atoms with Gasteiger partial charge in [-0.15, -0.1) is 0 Å². The summed E-state index contributed by atoms with van der Waals surface area (Å²) >= 11 is 0. The molecule has 0 saturated carbocycles. The van der Waals surface area contributed by atoms with Gasteiger partial charge in [-0.05, 0) is 83.1 Å². The first-order chi connectivity index (χ1) is 26.3. The smallest absolute Gasteiger partial charge is 0.252 e. The Kier molecular flexibility index (Phi) is 4.64. The maximum atomic E-state index is 2.65. The van der Waals surface area contributed by atoms with E-state index in [1.165, 1.54) is 125 Å². The second-order valence-electron chi connectivity index (χ2n) is 15.2. The van der Waals surface area contributed by atoms with E-state index in [-0.39, 0.29) is 6.71 Å². The molecule has 2 nitrogen and oxygen atoms in total. The van der Waals surface area contributed by atoms with Gasteiger partial charge in [0.1, 0.15) is 0 Å². The summed E-state index contributed by atoms with van der Waals surface area (Å²) in [6.07, 6.45) is 0. The highest BCUT2D eigenvalue weighted by Gasteiger charge is 2.42. The number of rotatable bonds is 0. The first kappa shape index (κ1) is 26.9. The van der Waals surface area contributed by atoms with Gasteiger partial charge in [-0.25, -0.2) is 0 Å². The zero-order valence-corrected chi connectivity index (χ0v) is 28.6. The summed E-state index contributed by atoms with van der Waals surface area (Å²) in [7, 11) is 0. The third kappa shape index (κ3) is 3.05. The summed E-state index contributed by atoms with van der Waals surface area (Å²) in [5.74, 6) is 0. The summed E-state index contributed by atoms with van der Waals surface area (Å²) in [6.45, 7) is 0.0509. The number of fused-ring (bicyclic) bond motifs is 20. The molecule has 0 amide bonds. The minimum absolute atomic E-state index is 0.0509. The predicted octanol–water partition coefficient (Wildman–Crippen LogP) is 10.8. The normalized spacial score (nSPS) is 13.2. The van der Waals surface area contributed by atoms with Gasteiger partial charge in [-0.2, -0.15) is 0 Å². The lowest BCUT2D eigenvalue weighted by Gasteiger charge is -2.35. The van der Waals surface area contributed by atoms with Crippen molar-refractivity contribution in [3.8, 4) is 11.4 Å². The van der Waals surface area contributed by atoms with Gasteiger partial charge in [0.15, 0.2) is 0 Å². The molecule has 2 aliphatic heterocycles. The first-order valence-electron chi connectivity index (χ1n) is 18.6. The second-order valence-corrected chi connectivity index (χ2v) is 15.2. The van der Waals surface area contributed by atoms with E-state index in [2.05, 4.69) is 173 Å². The van der Waals surface area contributed by atoms with Crippen molar-refractivity contribution in [3.05, 3.63) is 164 Å². The molecule has 2 aromatic heterocycles. The lowest BCUT2D eigenvalue weighted by atomic mass is 9.34. The third-order valence-corrected chi connectivity index (χ3v) is 12.8. The number of hydrogen-bond acceptors (Lipinski definition) is 0. The average molecular weight is 667 g/mol. The summed E-state index contributed by atoms with van der Waals surface area (Å²) < 4.78 is 5.28. The van der Waals surface area contributed by atoms with Crippen molar-refractivity contribution in [3.63, 3.8) is 0 Å². The van der Waals surface area contributed by atoms with Crippen LogP contribution in [-0.4, -0.2) is 15.8 Å². The number of nitrogens with zero attached hydrogens (tertiary/aromatic N) is 2. The molecule has 0 N–H and O–H groups in total. The molecule has 0 fully saturated rings. The average Bonchev–Trinajstić information content (AvgIpc) is 3.76. The Morgan fingerprint density at radius 1 is 0.340 bits per heavy atom. The largest absolute Gasteiger partial charge is 0.310 e. The quantitative estimate of drug-likeness (QED) is 0.143. The molecule has 0 radical (unpaired) electrons. The highest BCUT2D eigenvalue weighted by Crippen LogP contribution is 2.46. The fraction of sp³-hybridized carbons (Fsp3) is 0. The van der Waals surface area contributed by atoms with Crippen LogP contribution in [0.3, 0.4) is 0 Å². The highest BCUT2D eigenvalue weighted by atomic mass is 15.0. The number of aromatic nitrogens is 2. The summed E-state index contributed by atoms with van der Waals surface area (Å²) in [6, 6.07) is 62.0. The van der Waals surface area contributed by atoms with Crippen molar-refractivity contribution in [2.75, 3.05) is 0 Å². The lowest BCUT2D eigenvalue weighted by Crippen LogP contribution is -2.59. The third-order valence-electron chi connectivity index (χ3n) is 12.8.